The highest BCUT2D eigenvalue weighted by molar-refractivity contribution is 6.18. The van der Waals surface area contributed by atoms with Gasteiger partial charge in [0, 0.05) is 24.4 Å². The maximum atomic E-state index is 13.6. The zero-order chi connectivity index (χ0) is 12.9. The first-order valence-electron chi connectivity index (χ1n) is 5.62. The average Bonchev–Trinajstić information content (AvgIpc) is 2.29. The van der Waals surface area contributed by atoms with Gasteiger partial charge in [0.25, 0.3) is 0 Å². The summed E-state index contributed by atoms with van der Waals surface area (Å²) in [5.41, 5.74) is 0.803. The van der Waals surface area contributed by atoms with Crippen LogP contribution in [0.2, 0.25) is 0 Å². The maximum absolute atomic E-state index is 13.6. The molecule has 0 saturated heterocycles. The minimum absolute atomic E-state index is 0.140. The first-order chi connectivity index (χ1) is 8.01. The smallest absolute Gasteiger partial charge is 0.165 e. The lowest BCUT2D eigenvalue weighted by atomic mass is 9.84. The Hall–Kier alpha value is -0.800. The monoisotopic (exact) mass is 259 g/mol. The van der Waals surface area contributed by atoms with Crippen LogP contribution >= 0.6 is 11.6 Å². The molecule has 1 rings (SSSR count). The third-order valence-electron chi connectivity index (χ3n) is 2.77. The number of halogens is 2. The number of ether oxygens (including phenoxy) is 1. The molecule has 0 aromatic heterocycles. The highest BCUT2D eigenvalue weighted by atomic mass is 35.5. The summed E-state index contributed by atoms with van der Waals surface area (Å²) in [7, 11) is 1.46. The van der Waals surface area contributed by atoms with Crippen LogP contribution in [0.15, 0.2) is 18.2 Å². The van der Waals surface area contributed by atoms with Crippen LogP contribution in [0.5, 0.6) is 5.75 Å². The largest absolute Gasteiger partial charge is 0.494 e. The van der Waals surface area contributed by atoms with Gasteiger partial charge in [-0.3, -0.25) is 0 Å². The van der Waals surface area contributed by atoms with Gasteiger partial charge in [-0.2, -0.15) is 0 Å². The lowest BCUT2D eigenvalue weighted by Gasteiger charge is -2.26. The molecule has 0 aliphatic rings. The van der Waals surface area contributed by atoms with E-state index in [1.54, 1.807) is 6.07 Å². The molecule has 0 fully saturated rings. The Morgan fingerprint density at radius 3 is 2.65 bits per heavy atom. The van der Waals surface area contributed by atoms with Crippen LogP contribution < -0.4 is 10.1 Å². The molecule has 1 aromatic carbocycles. The Labute approximate surface area is 107 Å². The Bertz CT molecular complexity index is 368. The predicted octanol–water partition coefficient (Wildman–Crippen LogP) is 2.94. The van der Waals surface area contributed by atoms with Gasteiger partial charge in [-0.25, -0.2) is 4.39 Å². The van der Waals surface area contributed by atoms with E-state index in [0.29, 0.717) is 5.88 Å². The maximum Gasteiger partial charge on any atom is 0.165 e. The molecule has 0 amide bonds. The zero-order valence-electron chi connectivity index (χ0n) is 10.5. The first kappa shape index (κ1) is 14.3. The molecule has 1 aromatic rings. The second-order valence-corrected chi connectivity index (χ2v) is 4.98. The van der Waals surface area contributed by atoms with Gasteiger partial charge in [0.1, 0.15) is 0 Å². The lowest BCUT2D eigenvalue weighted by molar-refractivity contribution is 0.384. The van der Waals surface area contributed by atoms with E-state index in [2.05, 4.69) is 19.2 Å². The summed E-state index contributed by atoms with van der Waals surface area (Å²) >= 11 is 5.60. The number of nitrogens with one attached hydrogen (secondary N) is 1. The zero-order valence-corrected chi connectivity index (χ0v) is 11.3. The molecule has 0 spiro atoms. The number of rotatable bonds is 6. The standard InChI is InChI=1S/C13H19ClFNO/c1-13(2,9-16-7-6-14)10-4-5-12(17-3)11(15)8-10/h4-5,8,16H,6-7,9H2,1-3H3. The summed E-state index contributed by atoms with van der Waals surface area (Å²) in [5, 5.41) is 3.24. The fraction of sp³-hybridized carbons (Fsp3) is 0.538. The van der Waals surface area contributed by atoms with Crippen LogP contribution in [-0.4, -0.2) is 26.1 Å². The van der Waals surface area contributed by atoms with E-state index in [1.807, 2.05) is 6.07 Å². The van der Waals surface area contributed by atoms with Crippen LogP contribution in [0.3, 0.4) is 0 Å². The van der Waals surface area contributed by atoms with E-state index >= 15 is 0 Å². The Kier molecular flexibility index (Phi) is 5.22. The van der Waals surface area contributed by atoms with Crippen molar-refractivity contribution in [3.63, 3.8) is 0 Å². The fourth-order valence-corrected chi connectivity index (χ4v) is 1.79. The number of alkyl halides is 1. The fourth-order valence-electron chi connectivity index (χ4n) is 1.66. The Balaban J connectivity index is 2.80. The number of hydrogen-bond donors (Lipinski definition) is 1. The van der Waals surface area contributed by atoms with E-state index in [0.717, 1.165) is 18.7 Å². The molecule has 0 atom stereocenters. The summed E-state index contributed by atoms with van der Waals surface area (Å²) in [5.74, 6) is 0.529. The number of hydrogen-bond acceptors (Lipinski definition) is 2. The predicted molar refractivity (Wildman–Crippen MR) is 69.6 cm³/mol. The van der Waals surface area contributed by atoms with Crippen molar-refractivity contribution in [1.29, 1.82) is 0 Å². The van der Waals surface area contributed by atoms with Crippen LogP contribution in [0, 0.1) is 5.82 Å². The molecule has 2 nitrogen and oxygen atoms in total. The molecule has 0 radical (unpaired) electrons. The number of benzene rings is 1. The molecule has 96 valence electrons. The normalized spacial score (nSPS) is 11.6. The third kappa shape index (κ3) is 3.86. The van der Waals surface area contributed by atoms with Crippen molar-refractivity contribution in [2.45, 2.75) is 19.3 Å². The molecule has 17 heavy (non-hydrogen) atoms. The molecule has 0 aliphatic heterocycles. The molecule has 0 heterocycles. The average molecular weight is 260 g/mol. The molecule has 0 unspecified atom stereocenters. The summed E-state index contributed by atoms with van der Waals surface area (Å²) in [6.45, 7) is 5.64. The van der Waals surface area contributed by atoms with Crippen LogP contribution in [-0.2, 0) is 5.41 Å². The van der Waals surface area contributed by atoms with Gasteiger partial charge < -0.3 is 10.1 Å². The molecular weight excluding hydrogens is 241 g/mol. The summed E-state index contributed by atoms with van der Waals surface area (Å²) in [6.07, 6.45) is 0. The molecule has 0 bridgehead atoms. The van der Waals surface area contributed by atoms with Crippen molar-refractivity contribution >= 4 is 11.6 Å². The van der Waals surface area contributed by atoms with E-state index < -0.39 is 0 Å². The van der Waals surface area contributed by atoms with Crippen molar-refractivity contribution in [2.24, 2.45) is 0 Å². The van der Waals surface area contributed by atoms with Gasteiger partial charge in [0.05, 0.1) is 7.11 Å². The minimum atomic E-state index is -0.324. The van der Waals surface area contributed by atoms with E-state index in [1.165, 1.54) is 13.2 Å². The molecule has 4 heteroatoms. The van der Waals surface area contributed by atoms with E-state index in [-0.39, 0.29) is 17.0 Å². The van der Waals surface area contributed by atoms with Crippen LogP contribution in [0.1, 0.15) is 19.4 Å². The highest BCUT2D eigenvalue weighted by Gasteiger charge is 2.21. The topological polar surface area (TPSA) is 21.3 Å². The van der Waals surface area contributed by atoms with Crippen molar-refractivity contribution in [3.8, 4) is 5.75 Å². The molecule has 0 saturated carbocycles. The van der Waals surface area contributed by atoms with Gasteiger partial charge >= 0.3 is 0 Å². The van der Waals surface area contributed by atoms with Crippen LogP contribution in [0.4, 0.5) is 4.39 Å². The Morgan fingerprint density at radius 1 is 1.41 bits per heavy atom. The highest BCUT2D eigenvalue weighted by Crippen LogP contribution is 2.26. The van der Waals surface area contributed by atoms with Crippen LogP contribution in [0.25, 0.3) is 0 Å². The van der Waals surface area contributed by atoms with Gasteiger partial charge in [-0.05, 0) is 17.7 Å². The van der Waals surface area contributed by atoms with Crippen molar-refractivity contribution in [2.75, 3.05) is 26.1 Å². The quantitative estimate of drug-likeness (QED) is 0.627. The molecule has 1 N–H and O–H groups in total. The van der Waals surface area contributed by atoms with Gasteiger partial charge in [0.2, 0.25) is 0 Å². The third-order valence-corrected chi connectivity index (χ3v) is 2.96. The van der Waals surface area contributed by atoms with Gasteiger partial charge in [-0.1, -0.05) is 19.9 Å². The van der Waals surface area contributed by atoms with Crippen molar-refractivity contribution < 1.29 is 9.13 Å². The lowest BCUT2D eigenvalue weighted by Crippen LogP contribution is -2.34. The second kappa shape index (κ2) is 6.22. The SMILES string of the molecule is COc1ccc(C(C)(C)CNCCCl)cc1F. The summed E-state index contributed by atoms with van der Waals surface area (Å²) in [6, 6.07) is 5.08. The molecular formula is C13H19ClFNO. The van der Waals surface area contributed by atoms with Gasteiger partial charge in [0.15, 0.2) is 11.6 Å². The second-order valence-electron chi connectivity index (χ2n) is 4.60. The first-order valence-corrected chi connectivity index (χ1v) is 6.15. The molecule has 0 aliphatic carbocycles. The summed E-state index contributed by atoms with van der Waals surface area (Å²) in [4.78, 5) is 0. The number of methoxy groups -OCH3 is 1. The van der Waals surface area contributed by atoms with E-state index in [4.69, 9.17) is 16.3 Å². The summed E-state index contributed by atoms with van der Waals surface area (Å²) < 4.78 is 18.5. The van der Waals surface area contributed by atoms with Crippen molar-refractivity contribution in [3.05, 3.63) is 29.6 Å². The van der Waals surface area contributed by atoms with Gasteiger partial charge in [-0.15, -0.1) is 11.6 Å². The minimum Gasteiger partial charge on any atom is -0.494 e. The van der Waals surface area contributed by atoms with E-state index in [9.17, 15) is 4.39 Å². The van der Waals surface area contributed by atoms with Crippen molar-refractivity contribution in [1.82, 2.24) is 5.32 Å². The Morgan fingerprint density at radius 2 is 2.12 bits per heavy atom.